The van der Waals surface area contributed by atoms with Crippen LogP contribution in [0.25, 0.3) is 5.65 Å². The average Bonchev–Trinajstić information content (AvgIpc) is 3.12. The summed E-state index contributed by atoms with van der Waals surface area (Å²) in [7, 11) is 0. The van der Waals surface area contributed by atoms with Gasteiger partial charge in [-0.2, -0.15) is 0 Å². The second-order valence-electron chi connectivity index (χ2n) is 5.75. The van der Waals surface area contributed by atoms with Crippen LogP contribution in [0, 0.1) is 6.92 Å². The molecule has 0 amide bonds. The summed E-state index contributed by atoms with van der Waals surface area (Å²) in [5, 5.41) is 7.91. The lowest BCUT2D eigenvalue weighted by Gasteiger charge is -2.08. The zero-order valence-corrected chi connectivity index (χ0v) is 13.9. The molecule has 0 aliphatic carbocycles. The second-order valence-corrected chi connectivity index (χ2v) is 5.75. The molecule has 0 aliphatic rings. The third kappa shape index (κ3) is 3.25. The van der Waals surface area contributed by atoms with Crippen LogP contribution in [0.1, 0.15) is 21.6 Å². The maximum Gasteiger partial charge on any atom is 0.172 e. The molecular formula is C18H14N6O2. The van der Waals surface area contributed by atoms with Crippen LogP contribution in [-0.2, 0) is 6.42 Å². The molecule has 4 heterocycles. The van der Waals surface area contributed by atoms with Gasteiger partial charge in [-0.25, -0.2) is 9.97 Å². The van der Waals surface area contributed by atoms with E-state index in [1.54, 1.807) is 35.3 Å². The van der Waals surface area contributed by atoms with E-state index >= 15 is 0 Å². The molecule has 0 atom stereocenters. The molecule has 0 unspecified atom stereocenters. The molecule has 4 rings (SSSR count). The van der Waals surface area contributed by atoms with Crippen LogP contribution in [0.5, 0.6) is 11.5 Å². The highest BCUT2D eigenvalue weighted by molar-refractivity contribution is 6.02. The predicted octanol–water partition coefficient (Wildman–Crippen LogP) is 2.44. The molecule has 0 aromatic carbocycles. The standard InChI is InChI=1S/C18H14N6O2/c1-12-2-3-13(21-6-12)4-17(25)16-5-14(9-24-11-22-23-18(16)24)26-15-7-19-10-20-8-15/h2-3,5-11H,4H2,1H3. The summed E-state index contributed by atoms with van der Waals surface area (Å²) >= 11 is 0. The minimum Gasteiger partial charge on any atom is -0.453 e. The lowest BCUT2D eigenvalue weighted by molar-refractivity contribution is 0.0992. The molecule has 128 valence electrons. The number of Topliss-reactive ketones (excluding diaryl/α,β-unsaturated/α-hetero) is 1. The summed E-state index contributed by atoms with van der Waals surface area (Å²) in [5.41, 5.74) is 2.63. The molecule has 0 spiro atoms. The van der Waals surface area contributed by atoms with Gasteiger partial charge in [0.25, 0.3) is 0 Å². The molecular weight excluding hydrogens is 332 g/mol. The molecule has 0 saturated heterocycles. The van der Waals surface area contributed by atoms with Crippen molar-refractivity contribution in [2.45, 2.75) is 13.3 Å². The van der Waals surface area contributed by atoms with E-state index in [2.05, 4.69) is 25.1 Å². The summed E-state index contributed by atoms with van der Waals surface area (Å²) in [6.45, 7) is 1.95. The number of aromatic nitrogens is 6. The quantitative estimate of drug-likeness (QED) is 0.512. The summed E-state index contributed by atoms with van der Waals surface area (Å²) < 4.78 is 7.39. The number of hydrogen-bond acceptors (Lipinski definition) is 7. The van der Waals surface area contributed by atoms with Gasteiger partial charge in [0.1, 0.15) is 18.4 Å². The Kier molecular flexibility index (Phi) is 4.06. The van der Waals surface area contributed by atoms with Gasteiger partial charge in [0.2, 0.25) is 0 Å². The fourth-order valence-corrected chi connectivity index (χ4v) is 2.51. The highest BCUT2D eigenvalue weighted by Gasteiger charge is 2.16. The van der Waals surface area contributed by atoms with Crippen LogP contribution in [0.4, 0.5) is 0 Å². The highest BCUT2D eigenvalue weighted by atomic mass is 16.5. The van der Waals surface area contributed by atoms with Gasteiger partial charge in [0, 0.05) is 11.9 Å². The fraction of sp³-hybridized carbons (Fsp3) is 0.111. The average molecular weight is 346 g/mol. The molecule has 8 nitrogen and oxygen atoms in total. The first-order chi connectivity index (χ1) is 12.7. The SMILES string of the molecule is Cc1ccc(CC(=O)c2cc(Oc3cncnc3)cn3cnnc23)nc1. The van der Waals surface area contributed by atoms with Crippen molar-refractivity contribution >= 4 is 11.4 Å². The molecule has 0 fully saturated rings. The van der Waals surface area contributed by atoms with Crippen molar-refractivity contribution in [1.82, 2.24) is 29.5 Å². The number of pyridine rings is 2. The van der Waals surface area contributed by atoms with E-state index in [9.17, 15) is 4.79 Å². The van der Waals surface area contributed by atoms with E-state index in [0.717, 1.165) is 5.56 Å². The number of ether oxygens (including phenoxy) is 1. The number of ketones is 1. The van der Waals surface area contributed by atoms with Crippen molar-refractivity contribution in [2.75, 3.05) is 0 Å². The Labute approximate surface area is 148 Å². The Morgan fingerprint density at radius 1 is 1.15 bits per heavy atom. The maximum absolute atomic E-state index is 12.8. The minimum atomic E-state index is -0.117. The van der Waals surface area contributed by atoms with Crippen molar-refractivity contribution < 1.29 is 9.53 Å². The maximum atomic E-state index is 12.8. The number of carbonyl (C=O) groups is 1. The lowest BCUT2D eigenvalue weighted by Crippen LogP contribution is -2.08. The smallest absolute Gasteiger partial charge is 0.172 e. The third-order valence-corrected chi connectivity index (χ3v) is 3.75. The first kappa shape index (κ1) is 15.8. The Bertz CT molecular complexity index is 1060. The lowest BCUT2D eigenvalue weighted by atomic mass is 10.1. The van der Waals surface area contributed by atoms with Crippen molar-refractivity contribution in [1.29, 1.82) is 0 Å². The molecule has 4 aromatic rings. The van der Waals surface area contributed by atoms with Crippen LogP contribution >= 0.6 is 0 Å². The molecule has 26 heavy (non-hydrogen) atoms. The van der Waals surface area contributed by atoms with Crippen molar-refractivity contribution in [3.05, 3.63) is 72.5 Å². The van der Waals surface area contributed by atoms with Gasteiger partial charge in [0.05, 0.1) is 30.6 Å². The molecule has 4 aromatic heterocycles. The molecule has 0 N–H and O–H groups in total. The number of hydrogen-bond donors (Lipinski definition) is 0. The highest BCUT2D eigenvalue weighted by Crippen LogP contribution is 2.23. The van der Waals surface area contributed by atoms with Gasteiger partial charge in [-0.3, -0.25) is 14.2 Å². The zero-order valence-electron chi connectivity index (χ0n) is 13.9. The van der Waals surface area contributed by atoms with E-state index in [1.807, 2.05) is 19.1 Å². The van der Waals surface area contributed by atoms with E-state index in [0.29, 0.717) is 28.4 Å². The minimum absolute atomic E-state index is 0.117. The van der Waals surface area contributed by atoms with Gasteiger partial charge in [0.15, 0.2) is 17.2 Å². The first-order valence-electron chi connectivity index (χ1n) is 7.90. The predicted molar refractivity (Wildman–Crippen MR) is 92.1 cm³/mol. The topological polar surface area (TPSA) is 95.2 Å². The summed E-state index contributed by atoms with van der Waals surface area (Å²) in [4.78, 5) is 24.9. The zero-order chi connectivity index (χ0) is 17.9. The molecule has 8 heteroatoms. The van der Waals surface area contributed by atoms with E-state index < -0.39 is 0 Å². The van der Waals surface area contributed by atoms with E-state index in [1.165, 1.54) is 12.7 Å². The van der Waals surface area contributed by atoms with Crippen LogP contribution < -0.4 is 4.74 Å². The third-order valence-electron chi connectivity index (χ3n) is 3.75. The Hall–Kier alpha value is -3.68. The number of fused-ring (bicyclic) bond motifs is 1. The van der Waals surface area contributed by atoms with Crippen LogP contribution in [0.3, 0.4) is 0 Å². The van der Waals surface area contributed by atoms with Gasteiger partial charge in [-0.1, -0.05) is 6.07 Å². The number of nitrogens with zero attached hydrogens (tertiary/aromatic N) is 6. The second kappa shape index (κ2) is 6.67. The monoisotopic (exact) mass is 346 g/mol. The van der Waals surface area contributed by atoms with Crippen LogP contribution in [-0.4, -0.2) is 35.3 Å². The first-order valence-corrected chi connectivity index (χ1v) is 7.90. The van der Waals surface area contributed by atoms with Crippen LogP contribution in [0.2, 0.25) is 0 Å². The Balaban J connectivity index is 1.67. The van der Waals surface area contributed by atoms with Crippen molar-refractivity contribution in [2.24, 2.45) is 0 Å². The molecule has 0 saturated carbocycles. The van der Waals surface area contributed by atoms with Crippen molar-refractivity contribution in [3.63, 3.8) is 0 Å². The Morgan fingerprint density at radius 2 is 2.00 bits per heavy atom. The summed E-state index contributed by atoms with van der Waals surface area (Å²) in [6, 6.07) is 5.42. The molecule has 0 bridgehead atoms. The number of rotatable bonds is 5. The Morgan fingerprint density at radius 3 is 2.77 bits per heavy atom. The van der Waals surface area contributed by atoms with Gasteiger partial charge in [-0.15, -0.1) is 10.2 Å². The normalized spacial score (nSPS) is 10.8. The largest absolute Gasteiger partial charge is 0.453 e. The van der Waals surface area contributed by atoms with Gasteiger partial charge >= 0.3 is 0 Å². The summed E-state index contributed by atoms with van der Waals surface area (Å²) in [6.07, 6.45) is 9.63. The molecule has 0 aliphatic heterocycles. The van der Waals surface area contributed by atoms with Gasteiger partial charge < -0.3 is 4.74 Å². The van der Waals surface area contributed by atoms with Crippen molar-refractivity contribution in [3.8, 4) is 11.5 Å². The van der Waals surface area contributed by atoms with Crippen LogP contribution in [0.15, 0.2) is 55.6 Å². The summed E-state index contributed by atoms with van der Waals surface area (Å²) in [5.74, 6) is 0.819. The fourth-order valence-electron chi connectivity index (χ4n) is 2.51. The number of aryl methyl sites for hydroxylation is 1. The van der Waals surface area contributed by atoms with E-state index in [4.69, 9.17) is 4.74 Å². The van der Waals surface area contributed by atoms with E-state index in [-0.39, 0.29) is 12.2 Å². The molecule has 0 radical (unpaired) electrons. The van der Waals surface area contributed by atoms with Gasteiger partial charge in [-0.05, 0) is 24.6 Å². The number of carbonyl (C=O) groups excluding carboxylic acids is 1.